The topological polar surface area (TPSA) is 54.4 Å². The van der Waals surface area contributed by atoms with Gasteiger partial charge in [-0.25, -0.2) is 17.2 Å². The Hall–Kier alpha value is -1.01. The summed E-state index contributed by atoms with van der Waals surface area (Å²) in [4.78, 5) is -0.935. The Balaban J connectivity index is 3.49. The fourth-order valence-electron chi connectivity index (χ4n) is 1.40. The van der Waals surface area contributed by atoms with Gasteiger partial charge in [0.1, 0.15) is 16.5 Å². The lowest BCUT2D eigenvalue weighted by Crippen LogP contribution is -2.23. The first-order valence-corrected chi connectivity index (χ1v) is 6.79. The smallest absolute Gasteiger partial charge is 0.181 e. The Bertz CT molecular complexity index is 513. The molecule has 0 unspecified atom stereocenters. The van der Waals surface area contributed by atoms with Crippen molar-refractivity contribution in [2.75, 3.05) is 12.9 Å². The molecule has 0 spiro atoms. The lowest BCUT2D eigenvalue weighted by Gasteiger charge is -2.22. The molecular formula is C11H14F2O3S. The van der Waals surface area contributed by atoms with Gasteiger partial charge in [0.05, 0.1) is 6.61 Å². The van der Waals surface area contributed by atoms with Gasteiger partial charge in [-0.15, -0.1) is 0 Å². The van der Waals surface area contributed by atoms with E-state index in [2.05, 4.69) is 0 Å². The van der Waals surface area contributed by atoms with Gasteiger partial charge in [-0.05, 0) is 17.7 Å². The Labute approximate surface area is 99.0 Å². The van der Waals surface area contributed by atoms with Crippen LogP contribution in [0.1, 0.15) is 19.4 Å². The van der Waals surface area contributed by atoms with Gasteiger partial charge in [0.15, 0.2) is 9.84 Å². The molecule has 3 nitrogen and oxygen atoms in total. The van der Waals surface area contributed by atoms with Gasteiger partial charge in [0, 0.05) is 11.7 Å². The Morgan fingerprint density at radius 2 is 1.65 bits per heavy atom. The second kappa shape index (κ2) is 4.34. The van der Waals surface area contributed by atoms with Crippen LogP contribution < -0.4 is 0 Å². The minimum absolute atomic E-state index is 0.211. The van der Waals surface area contributed by atoms with Crippen LogP contribution in [0, 0.1) is 11.6 Å². The van der Waals surface area contributed by atoms with E-state index in [9.17, 15) is 17.2 Å². The highest BCUT2D eigenvalue weighted by Crippen LogP contribution is 2.28. The molecule has 0 saturated carbocycles. The van der Waals surface area contributed by atoms with E-state index in [-0.39, 0.29) is 12.2 Å². The molecule has 0 aliphatic heterocycles. The molecule has 1 aromatic rings. The number of benzene rings is 1. The number of halogens is 2. The van der Waals surface area contributed by atoms with Crippen molar-refractivity contribution in [2.45, 2.75) is 24.2 Å². The monoisotopic (exact) mass is 264 g/mol. The highest BCUT2D eigenvalue weighted by atomic mass is 32.2. The maximum absolute atomic E-state index is 13.6. The van der Waals surface area contributed by atoms with Crippen molar-refractivity contribution in [2.24, 2.45) is 0 Å². The quantitative estimate of drug-likeness (QED) is 0.903. The summed E-state index contributed by atoms with van der Waals surface area (Å²) < 4.78 is 49.5. The van der Waals surface area contributed by atoms with Crippen molar-refractivity contribution in [3.05, 3.63) is 29.3 Å². The summed E-state index contributed by atoms with van der Waals surface area (Å²) in [6.07, 6.45) is 0.741. The van der Waals surface area contributed by atoms with Gasteiger partial charge in [-0.2, -0.15) is 0 Å². The summed E-state index contributed by atoms with van der Waals surface area (Å²) >= 11 is 0. The number of rotatable bonds is 3. The average molecular weight is 264 g/mol. The van der Waals surface area contributed by atoms with E-state index in [0.717, 1.165) is 18.4 Å². The molecule has 0 fully saturated rings. The van der Waals surface area contributed by atoms with E-state index in [1.807, 2.05) is 0 Å². The summed E-state index contributed by atoms with van der Waals surface area (Å²) in [5, 5.41) is 9.10. The van der Waals surface area contributed by atoms with Crippen LogP contribution in [0.5, 0.6) is 0 Å². The second-order valence-electron chi connectivity index (χ2n) is 4.58. The number of hydrogen-bond donors (Lipinski definition) is 1. The van der Waals surface area contributed by atoms with Crippen LogP contribution in [0.2, 0.25) is 0 Å². The molecule has 0 saturated heterocycles. The fraction of sp³-hybridized carbons (Fsp3) is 0.455. The van der Waals surface area contributed by atoms with Crippen molar-refractivity contribution in [1.29, 1.82) is 0 Å². The zero-order valence-electron chi connectivity index (χ0n) is 9.79. The van der Waals surface area contributed by atoms with E-state index in [4.69, 9.17) is 5.11 Å². The van der Waals surface area contributed by atoms with Gasteiger partial charge in [-0.3, -0.25) is 0 Å². The van der Waals surface area contributed by atoms with Crippen molar-refractivity contribution in [3.63, 3.8) is 0 Å². The molecule has 0 amide bonds. The molecule has 0 atom stereocenters. The molecule has 1 N–H and O–H groups in total. The third-order valence-corrected chi connectivity index (χ3v) is 3.68. The Kier molecular flexibility index (Phi) is 3.59. The van der Waals surface area contributed by atoms with Crippen molar-refractivity contribution in [3.8, 4) is 0 Å². The first kappa shape index (κ1) is 14.1. The normalized spacial score (nSPS) is 12.8. The SMILES string of the molecule is CC(C)(CO)c1cc(F)c(S(C)(=O)=O)c(F)c1. The molecule has 96 valence electrons. The highest BCUT2D eigenvalue weighted by molar-refractivity contribution is 7.90. The van der Waals surface area contributed by atoms with Gasteiger partial charge >= 0.3 is 0 Å². The predicted octanol–water partition coefficient (Wildman–Crippen LogP) is 1.64. The lowest BCUT2D eigenvalue weighted by molar-refractivity contribution is 0.217. The van der Waals surface area contributed by atoms with Crippen LogP contribution >= 0.6 is 0 Å². The van der Waals surface area contributed by atoms with E-state index in [1.165, 1.54) is 0 Å². The molecule has 1 rings (SSSR count). The van der Waals surface area contributed by atoms with E-state index >= 15 is 0 Å². The molecule has 0 aliphatic rings. The van der Waals surface area contributed by atoms with Crippen molar-refractivity contribution in [1.82, 2.24) is 0 Å². The van der Waals surface area contributed by atoms with Crippen LogP contribution in [0.15, 0.2) is 17.0 Å². The van der Waals surface area contributed by atoms with Crippen LogP contribution in [-0.4, -0.2) is 26.4 Å². The maximum Gasteiger partial charge on any atom is 0.181 e. The first-order valence-electron chi connectivity index (χ1n) is 4.90. The van der Waals surface area contributed by atoms with Gasteiger partial charge < -0.3 is 5.11 Å². The lowest BCUT2D eigenvalue weighted by atomic mass is 9.85. The van der Waals surface area contributed by atoms with Crippen LogP contribution in [0.4, 0.5) is 8.78 Å². The maximum atomic E-state index is 13.6. The minimum Gasteiger partial charge on any atom is -0.395 e. The molecule has 0 bridgehead atoms. The molecule has 0 heterocycles. The molecule has 17 heavy (non-hydrogen) atoms. The van der Waals surface area contributed by atoms with Gasteiger partial charge in [0.25, 0.3) is 0 Å². The fourth-order valence-corrected chi connectivity index (χ4v) is 2.22. The summed E-state index contributed by atoms with van der Waals surface area (Å²) in [7, 11) is -3.95. The van der Waals surface area contributed by atoms with E-state index in [0.29, 0.717) is 0 Å². The molecule has 0 aromatic heterocycles. The standard InChI is InChI=1S/C11H14F2O3S/c1-11(2,6-14)7-4-8(12)10(9(13)5-7)17(3,15)16/h4-5,14H,6H2,1-3H3. The second-order valence-corrected chi connectivity index (χ2v) is 6.54. The average Bonchev–Trinajstić information content (AvgIpc) is 2.14. The number of aliphatic hydroxyl groups excluding tert-OH is 1. The molecule has 1 aromatic carbocycles. The van der Waals surface area contributed by atoms with Crippen LogP contribution in [0.3, 0.4) is 0 Å². The van der Waals surface area contributed by atoms with Crippen molar-refractivity contribution >= 4 is 9.84 Å². The van der Waals surface area contributed by atoms with Gasteiger partial charge in [-0.1, -0.05) is 13.8 Å². The van der Waals surface area contributed by atoms with Crippen LogP contribution in [-0.2, 0) is 15.3 Å². The molecule has 0 aliphatic carbocycles. The third kappa shape index (κ3) is 2.81. The van der Waals surface area contributed by atoms with E-state index < -0.39 is 31.8 Å². The highest BCUT2D eigenvalue weighted by Gasteiger charge is 2.26. The molecular weight excluding hydrogens is 250 g/mol. The predicted molar refractivity (Wildman–Crippen MR) is 59.6 cm³/mol. The largest absolute Gasteiger partial charge is 0.395 e. The van der Waals surface area contributed by atoms with E-state index in [1.54, 1.807) is 13.8 Å². The van der Waals surface area contributed by atoms with Crippen molar-refractivity contribution < 1.29 is 22.3 Å². The number of aliphatic hydroxyl groups is 1. The number of hydrogen-bond acceptors (Lipinski definition) is 3. The third-order valence-electron chi connectivity index (χ3n) is 2.55. The Morgan fingerprint density at radius 1 is 1.24 bits per heavy atom. The minimum atomic E-state index is -3.95. The van der Waals surface area contributed by atoms with Crippen LogP contribution in [0.25, 0.3) is 0 Å². The van der Waals surface area contributed by atoms with Gasteiger partial charge in [0.2, 0.25) is 0 Å². The Morgan fingerprint density at radius 3 is 1.94 bits per heavy atom. The summed E-state index contributed by atoms with van der Waals surface area (Å²) in [5.74, 6) is -2.27. The zero-order chi connectivity index (χ0) is 13.4. The first-order chi connectivity index (χ1) is 7.59. The molecule has 0 radical (unpaired) electrons. The zero-order valence-corrected chi connectivity index (χ0v) is 10.6. The molecule has 6 heteroatoms. The number of sulfone groups is 1. The summed E-state index contributed by atoms with van der Waals surface area (Å²) in [5.41, 5.74) is -0.625. The summed E-state index contributed by atoms with van der Waals surface area (Å²) in [6.45, 7) is 2.90. The summed E-state index contributed by atoms with van der Waals surface area (Å²) in [6, 6.07) is 1.88.